The van der Waals surface area contributed by atoms with Crippen molar-refractivity contribution < 1.29 is 5.11 Å². The van der Waals surface area contributed by atoms with Crippen LogP contribution < -0.4 is 5.11 Å². The summed E-state index contributed by atoms with van der Waals surface area (Å²) in [5.41, 5.74) is 5.59. The Hall–Kier alpha value is -2.35. The molecule has 0 fully saturated rings. The van der Waals surface area contributed by atoms with Gasteiger partial charge in [-0.2, -0.15) is 0 Å². The van der Waals surface area contributed by atoms with E-state index in [4.69, 9.17) is 0 Å². The molecule has 0 atom stereocenters. The van der Waals surface area contributed by atoms with Crippen LogP contribution >= 0.6 is 0 Å². The topological polar surface area (TPSA) is 35.4 Å². The number of fused-ring (bicyclic) bond motifs is 5. The average Bonchev–Trinajstić information content (AvgIpc) is 2.73. The third kappa shape index (κ3) is 1.10. The molecule has 1 aliphatic carbocycles. The summed E-state index contributed by atoms with van der Waals surface area (Å²) in [6, 6.07) is 15.7. The fraction of sp³-hybridized carbons (Fsp3) is 0.0625. The summed E-state index contributed by atoms with van der Waals surface area (Å²) in [5, 5.41) is 12.5. The maximum atomic E-state index is 12.5. The molecule has 2 aromatic carbocycles. The molecule has 0 unspecified atom stereocenters. The smallest absolute Gasteiger partial charge is 0.0729 e. The van der Waals surface area contributed by atoms with Gasteiger partial charge < -0.3 is 5.11 Å². The van der Waals surface area contributed by atoms with Crippen molar-refractivity contribution in [1.82, 2.24) is 0 Å². The van der Waals surface area contributed by atoms with Gasteiger partial charge in [0.15, 0.2) is 0 Å². The molecule has 0 saturated carbocycles. The summed E-state index contributed by atoms with van der Waals surface area (Å²) in [5.74, 6) is 0.108. The van der Waals surface area contributed by atoms with E-state index in [-0.39, 0.29) is 5.76 Å². The van der Waals surface area contributed by atoms with Gasteiger partial charge in [-0.3, -0.25) is 4.99 Å². The van der Waals surface area contributed by atoms with Crippen molar-refractivity contribution in [3.05, 3.63) is 70.8 Å². The van der Waals surface area contributed by atoms with Gasteiger partial charge in [-0.05, 0) is 16.7 Å². The van der Waals surface area contributed by atoms with E-state index in [0.29, 0.717) is 6.54 Å². The highest BCUT2D eigenvalue weighted by Gasteiger charge is 2.27. The van der Waals surface area contributed by atoms with Crippen LogP contribution in [0.2, 0.25) is 0 Å². The van der Waals surface area contributed by atoms with Crippen LogP contribution in [-0.2, 0) is 6.54 Å². The molecule has 1 heterocycles. The molecule has 0 spiro atoms. The van der Waals surface area contributed by atoms with E-state index < -0.39 is 0 Å². The van der Waals surface area contributed by atoms with Crippen LogP contribution in [-0.4, -0.2) is 5.71 Å². The normalized spacial score (nSPS) is 15.9. The summed E-state index contributed by atoms with van der Waals surface area (Å²) >= 11 is 0. The molecule has 0 amide bonds. The quantitative estimate of drug-likeness (QED) is 0.686. The molecule has 0 radical (unpaired) electrons. The van der Waals surface area contributed by atoms with Gasteiger partial charge in [-0.25, -0.2) is 0 Å². The zero-order valence-corrected chi connectivity index (χ0v) is 9.68. The molecule has 2 nitrogen and oxygen atoms in total. The monoisotopic (exact) mass is 232 g/mol. The summed E-state index contributed by atoms with van der Waals surface area (Å²) < 4.78 is 0. The van der Waals surface area contributed by atoms with E-state index in [1.54, 1.807) is 0 Å². The van der Waals surface area contributed by atoms with Gasteiger partial charge in [-0.1, -0.05) is 54.3 Å². The Morgan fingerprint density at radius 1 is 0.833 bits per heavy atom. The van der Waals surface area contributed by atoms with Crippen LogP contribution in [0.3, 0.4) is 0 Å². The Morgan fingerprint density at radius 3 is 2.33 bits per heavy atom. The van der Waals surface area contributed by atoms with E-state index in [0.717, 1.165) is 33.5 Å². The van der Waals surface area contributed by atoms with Crippen LogP contribution in [0.5, 0.6) is 0 Å². The zero-order valence-electron chi connectivity index (χ0n) is 9.68. The number of benzene rings is 2. The van der Waals surface area contributed by atoms with E-state index in [2.05, 4.69) is 4.99 Å². The fourth-order valence-corrected chi connectivity index (χ4v) is 2.74. The predicted octanol–water partition coefficient (Wildman–Crippen LogP) is 2.23. The second-order valence-electron chi connectivity index (χ2n) is 4.57. The molecule has 2 heteroatoms. The van der Waals surface area contributed by atoms with Gasteiger partial charge in [0.05, 0.1) is 12.3 Å². The molecule has 0 N–H and O–H groups in total. The Morgan fingerprint density at radius 2 is 1.50 bits per heavy atom. The van der Waals surface area contributed by atoms with Crippen molar-refractivity contribution in [2.24, 2.45) is 4.99 Å². The minimum absolute atomic E-state index is 0.108. The molecule has 2 aromatic rings. The van der Waals surface area contributed by atoms with Crippen molar-refractivity contribution in [1.29, 1.82) is 0 Å². The summed E-state index contributed by atoms with van der Waals surface area (Å²) in [6.07, 6.45) is 0. The summed E-state index contributed by atoms with van der Waals surface area (Å²) in [4.78, 5) is 4.58. The van der Waals surface area contributed by atoms with Crippen molar-refractivity contribution in [3.63, 3.8) is 0 Å². The minimum atomic E-state index is 0.108. The third-order valence-corrected chi connectivity index (χ3v) is 3.58. The van der Waals surface area contributed by atoms with Crippen LogP contribution in [0.1, 0.15) is 22.3 Å². The van der Waals surface area contributed by atoms with Gasteiger partial charge in [0.1, 0.15) is 0 Å². The molecule has 0 bridgehead atoms. The van der Waals surface area contributed by atoms with Crippen LogP contribution in [0.25, 0.3) is 11.3 Å². The first kappa shape index (κ1) is 9.66. The fourth-order valence-electron chi connectivity index (χ4n) is 2.74. The number of rotatable bonds is 0. The summed E-state index contributed by atoms with van der Waals surface area (Å²) in [6.45, 7) is 0.663. The molecule has 0 aromatic heterocycles. The van der Waals surface area contributed by atoms with Gasteiger partial charge in [0.2, 0.25) is 0 Å². The minimum Gasteiger partial charge on any atom is -0.872 e. The maximum absolute atomic E-state index is 12.5. The standard InChI is InChI=1S/C16H11NO/c18-16-13-8-4-3-7-12(13)15-14(16)11-6-2-1-5-10(11)9-17-15/h1-8,18H,9H2/p-1. The van der Waals surface area contributed by atoms with E-state index in [1.807, 2.05) is 48.5 Å². The third-order valence-electron chi connectivity index (χ3n) is 3.58. The number of allylic oxidation sites excluding steroid dienone is 1. The largest absolute Gasteiger partial charge is 0.872 e. The SMILES string of the molecule is [O-]C1=C2C(=NCc3ccccc32)c2ccccc21. The lowest BCUT2D eigenvalue weighted by molar-refractivity contribution is -0.242. The van der Waals surface area contributed by atoms with Crippen molar-refractivity contribution in [3.8, 4) is 0 Å². The average molecular weight is 232 g/mol. The van der Waals surface area contributed by atoms with Gasteiger partial charge in [0, 0.05) is 11.1 Å². The first-order valence-corrected chi connectivity index (χ1v) is 6.00. The zero-order chi connectivity index (χ0) is 12.1. The Labute approximate surface area is 105 Å². The Bertz CT molecular complexity index is 725. The number of nitrogens with zero attached hydrogens (tertiary/aromatic N) is 1. The van der Waals surface area contributed by atoms with Crippen molar-refractivity contribution in [2.75, 3.05) is 0 Å². The highest BCUT2D eigenvalue weighted by molar-refractivity contribution is 6.41. The van der Waals surface area contributed by atoms with Crippen molar-refractivity contribution in [2.45, 2.75) is 6.54 Å². The summed E-state index contributed by atoms with van der Waals surface area (Å²) in [7, 11) is 0. The molecular weight excluding hydrogens is 222 g/mol. The predicted molar refractivity (Wildman–Crippen MR) is 69.9 cm³/mol. The van der Waals surface area contributed by atoms with Crippen LogP contribution in [0.15, 0.2) is 53.5 Å². The first-order valence-electron chi connectivity index (χ1n) is 6.00. The second-order valence-corrected chi connectivity index (χ2v) is 4.57. The molecule has 18 heavy (non-hydrogen) atoms. The van der Waals surface area contributed by atoms with Gasteiger partial charge in [0.25, 0.3) is 0 Å². The number of hydrogen-bond donors (Lipinski definition) is 0. The molecule has 1 aliphatic heterocycles. The highest BCUT2D eigenvalue weighted by Crippen LogP contribution is 2.39. The lowest BCUT2D eigenvalue weighted by Gasteiger charge is -2.19. The molecule has 86 valence electrons. The maximum Gasteiger partial charge on any atom is 0.0729 e. The highest BCUT2D eigenvalue weighted by atomic mass is 16.3. The van der Waals surface area contributed by atoms with Crippen LogP contribution in [0, 0.1) is 0 Å². The van der Waals surface area contributed by atoms with E-state index in [1.165, 1.54) is 0 Å². The number of aliphatic imine (C=N–C) groups is 1. The van der Waals surface area contributed by atoms with Crippen molar-refractivity contribution >= 4 is 17.0 Å². The Kier molecular flexibility index (Phi) is 1.78. The first-order chi connectivity index (χ1) is 8.86. The molecular formula is C16H10NO-. The molecule has 2 aliphatic rings. The van der Waals surface area contributed by atoms with E-state index in [9.17, 15) is 5.11 Å². The second kappa shape index (κ2) is 3.33. The van der Waals surface area contributed by atoms with E-state index >= 15 is 0 Å². The molecule has 4 rings (SSSR count). The van der Waals surface area contributed by atoms with Crippen LogP contribution in [0.4, 0.5) is 0 Å². The molecule has 0 saturated heterocycles. The lowest BCUT2D eigenvalue weighted by atomic mass is 9.93. The Balaban J connectivity index is 2.06. The van der Waals surface area contributed by atoms with Gasteiger partial charge >= 0.3 is 0 Å². The van der Waals surface area contributed by atoms with Gasteiger partial charge in [-0.15, -0.1) is 0 Å². The lowest BCUT2D eigenvalue weighted by Crippen LogP contribution is -2.10. The number of hydrogen-bond acceptors (Lipinski definition) is 2.